The second-order valence-corrected chi connectivity index (χ2v) is 4.70. The zero-order valence-electron chi connectivity index (χ0n) is 8.82. The fourth-order valence-electron chi connectivity index (χ4n) is 1.65. The summed E-state index contributed by atoms with van der Waals surface area (Å²) in [5.41, 5.74) is 2.14. The van der Waals surface area contributed by atoms with Gasteiger partial charge in [0.05, 0.1) is 17.5 Å². The first-order valence-corrected chi connectivity index (χ1v) is 6.20. The molecule has 1 aliphatic rings. The number of amides is 1. The zero-order chi connectivity index (χ0) is 11.4. The average molecular weight is 232 g/mol. The van der Waals surface area contributed by atoms with Crippen molar-refractivity contribution >= 4 is 23.4 Å². The minimum Gasteiger partial charge on any atom is -0.324 e. The molecule has 1 heterocycles. The highest BCUT2D eigenvalue weighted by Gasteiger charge is 2.14. The number of unbranched alkanes of at least 4 members (excludes halogenated alkanes) is 1. The van der Waals surface area contributed by atoms with Crippen molar-refractivity contribution in [2.75, 3.05) is 11.1 Å². The minimum atomic E-state index is 0.0646. The number of rotatable bonds is 3. The van der Waals surface area contributed by atoms with Crippen molar-refractivity contribution in [1.82, 2.24) is 0 Å². The molecule has 1 N–H and O–H groups in total. The Morgan fingerprint density at radius 1 is 1.50 bits per heavy atom. The highest BCUT2D eigenvalue weighted by Crippen LogP contribution is 2.32. The number of thioether (sulfide) groups is 1. The molecular formula is C12H12N2OS. The highest BCUT2D eigenvalue weighted by molar-refractivity contribution is 8.00. The molecule has 0 bridgehead atoms. The van der Waals surface area contributed by atoms with Crippen molar-refractivity contribution in [1.29, 1.82) is 5.26 Å². The molecule has 0 aliphatic carbocycles. The quantitative estimate of drug-likeness (QED) is 0.815. The van der Waals surface area contributed by atoms with Gasteiger partial charge in [-0.2, -0.15) is 5.26 Å². The van der Waals surface area contributed by atoms with E-state index >= 15 is 0 Å². The third kappa shape index (κ3) is 2.56. The van der Waals surface area contributed by atoms with E-state index in [1.54, 1.807) is 11.8 Å². The van der Waals surface area contributed by atoms with Crippen LogP contribution in [0.2, 0.25) is 0 Å². The van der Waals surface area contributed by atoms with Crippen LogP contribution < -0.4 is 5.32 Å². The van der Waals surface area contributed by atoms with Crippen LogP contribution in [0.1, 0.15) is 18.4 Å². The maximum atomic E-state index is 11.2. The highest BCUT2D eigenvalue weighted by atomic mass is 32.2. The zero-order valence-corrected chi connectivity index (χ0v) is 9.64. The van der Waals surface area contributed by atoms with Gasteiger partial charge in [-0.3, -0.25) is 4.79 Å². The molecule has 2 rings (SSSR count). The number of hydrogen-bond acceptors (Lipinski definition) is 3. The van der Waals surface area contributed by atoms with Crippen molar-refractivity contribution in [3.05, 3.63) is 23.8 Å². The monoisotopic (exact) mass is 232 g/mol. The Morgan fingerprint density at radius 2 is 2.38 bits per heavy atom. The van der Waals surface area contributed by atoms with Crippen molar-refractivity contribution in [3.8, 4) is 6.07 Å². The molecule has 0 aromatic heterocycles. The number of carbonyl (C=O) groups excluding carboxylic acids is 1. The summed E-state index contributed by atoms with van der Waals surface area (Å²) in [4.78, 5) is 12.3. The van der Waals surface area contributed by atoms with Gasteiger partial charge in [-0.25, -0.2) is 0 Å². The first-order chi connectivity index (χ1) is 7.79. The Balaban J connectivity index is 2.08. The van der Waals surface area contributed by atoms with Gasteiger partial charge in [0.15, 0.2) is 0 Å². The summed E-state index contributed by atoms with van der Waals surface area (Å²) >= 11 is 1.57. The summed E-state index contributed by atoms with van der Waals surface area (Å²) in [6.07, 6.45) is 2.42. The number of nitrogens with zero attached hydrogens (tertiary/aromatic N) is 1. The molecule has 3 nitrogen and oxygen atoms in total. The number of benzene rings is 1. The van der Waals surface area contributed by atoms with E-state index in [9.17, 15) is 4.79 Å². The van der Waals surface area contributed by atoms with Crippen LogP contribution in [0.5, 0.6) is 0 Å². The first kappa shape index (κ1) is 11.0. The number of fused-ring (bicyclic) bond motifs is 1. The molecule has 1 aromatic carbocycles. The fraction of sp³-hybridized carbons (Fsp3) is 0.333. The Morgan fingerprint density at radius 3 is 3.19 bits per heavy atom. The Kier molecular flexibility index (Phi) is 3.47. The number of carbonyl (C=O) groups is 1. The number of nitrogens with one attached hydrogen (secondary N) is 1. The molecule has 1 aliphatic heterocycles. The lowest BCUT2D eigenvalue weighted by molar-refractivity contribution is -0.113. The van der Waals surface area contributed by atoms with Gasteiger partial charge in [-0.1, -0.05) is 6.07 Å². The average Bonchev–Trinajstić information content (AvgIpc) is 2.29. The lowest BCUT2D eigenvalue weighted by Gasteiger charge is -2.16. The maximum Gasteiger partial charge on any atom is 0.234 e. The Bertz CT molecular complexity index is 451. The van der Waals surface area contributed by atoms with Gasteiger partial charge in [0.2, 0.25) is 5.91 Å². The summed E-state index contributed by atoms with van der Waals surface area (Å²) < 4.78 is 0. The normalized spacial score (nSPS) is 13.8. The molecule has 16 heavy (non-hydrogen) atoms. The van der Waals surface area contributed by atoms with Gasteiger partial charge in [0.25, 0.3) is 0 Å². The van der Waals surface area contributed by atoms with Gasteiger partial charge in [-0.15, -0.1) is 11.8 Å². The van der Waals surface area contributed by atoms with Gasteiger partial charge < -0.3 is 5.32 Å². The first-order valence-electron chi connectivity index (χ1n) is 5.22. The molecule has 1 amide bonds. The number of aryl methyl sites for hydroxylation is 1. The van der Waals surface area contributed by atoms with Crippen LogP contribution in [-0.2, 0) is 11.2 Å². The van der Waals surface area contributed by atoms with E-state index in [1.165, 1.54) is 5.56 Å². The van der Waals surface area contributed by atoms with E-state index in [1.807, 2.05) is 12.1 Å². The summed E-state index contributed by atoms with van der Waals surface area (Å²) in [7, 11) is 0. The van der Waals surface area contributed by atoms with Crippen LogP contribution >= 0.6 is 11.8 Å². The second kappa shape index (κ2) is 5.04. The number of nitriles is 1. The molecule has 82 valence electrons. The molecule has 1 aromatic rings. The minimum absolute atomic E-state index is 0.0646. The summed E-state index contributed by atoms with van der Waals surface area (Å²) in [5, 5.41) is 11.3. The molecular weight excluding hydrogens is 220 g/mol. The van der Waals surface area contributed by atoms with Crippen molar-refractivity contribution in [2.45, 2.75) is 24.2 Å². The summed E-state index contributed by atoms with van der Waals surface area (Å²) in [5.74, 6) is 0.559. The standard InChI is InChI=1S/C12H12N2OS/c13-6-2-1-3-9-4-5-10-11(7-9)16-8-12(15)14-10/h4-5,7H,1-3,8H2,(H,14,15). The molecule has 0 saturated heterocycles. The summed E-state index contributed by atoms with van der Waals surface area (Å²) in [6.45, 7) is 0. The van der Waals surface area contributed by atoms with E-state index in [2.05, 4.69) is 17.5 Å². The van der Waals surface area contributed by atoms with Crippen LogP contribution in [-0.4, -0.2) is 11.7 Å². The van der Waals surface area contributed by atoms with E-state index in [0.717, 1.165) is 23.4 Å². The molecule has 0 radical (unpaired) electrons. The molecule has 0 spiro atoms. The SMILES string of the molecule is N#CCCCc1ccc2c(c1)SCC(=O)N2. The van der Waals surface area contributed by atoms with Crippen molar-refractivity contribution in [2.24, 2.45) is 0 Å². The topological polar surface area (TPSA) is 52.9 Å². The third-order valence-corrected chi connectivity index (χ3v) is 3.49. The Hall–Kier alpha value is -1.47. The van der Waals surface area contributed by atoms with Crippen LogP contribution in [0.25, 0.3) is 0 Å². The predicted molar refractivity (Wildman–Crippen MR) is 64.3 cm³/mol. The van der Waals surface area contributed by atoms with E-state index in [4.69, 9.17) is 5.26 Å². The smallest absolute Gasteiger partial charge is 0.234 e. The van der Waals surface area contributed by atoms with E-state index in [0.29, 0.717) is 12.2 Å². The lowest BCUT2D eigenvalue weighted by atomic mass is 10.1. The van der Waals surface area contributed by atoms with E-state index in [-0.39, 0.29) is 5.91 Å². The summed E-state index contributed by atoms with van der Waals surface area (Å²) in [6, 6.07) is 8.21. The maximum absolute atomic E-state index is 11.2. The largest absolute Gasteiger partial charge is 0.324 e. The van der Waals surface area contributed by atoms with Crippen LogP contribution in [0.3, 0.4) is 0 Å². The van der Waals surface area contributed by atoms with Gasteiger partial charge in [-0.05, 0) is 30.5 Å². The number of anilines is 1. The molecule has 0 unspecified atom stereocenters. The van der Waals surface area contributed by atoms with Gasteiger partial charge in [0.1, 0.15) is 0 Å². The molecule has 0 fully saturated rings. The number of hydrogen-bond donors (Lipinski definition) is 1. The van der Waals surface area contributed by atoms with Gasteiger partial charge in [0, 0.05) is 11.3 Å². The van der Waals surface area contributed by atoms with Crippen LogP contribution in [0, 0.1) is 11.3 Å². The Labute approximate surface area is 98.8 Å². The van der Waals surface area contributed by atoms with Crippen molar-refractivity contribution in [3.63, 3.8) is 0 Å². The second-order valence-electron chi connectivity index (χ2n) is 3.68. The van der Waals surface area contributed by atoms with Gasteiger partial charge >= 0.3 is 0 Å². The van der Waals surface area contributed by atoms with Crippen molar-refractivity contribution < 1.29 is 4.79 Å². The fourth-order valence-corrected chi connectivity index (χ4v) is 2.51. The molecule has 0 saturated carbocycles. The molecule has 4 heteroatoms. The van der Waals surface area contributed by atoms with E-state index < -0.39 is 0 Å². The van der Waals surface area contributed by atoms with Crippen LogP contribution in [0.15, 0.2) is 23.1 Å². The molecule has 0 atom stereocenters. The predicted octanol–water partition coefficient (Wildman–Crippen LogP) is 2.58. The van der Waals surface area contributed by atoms with Crippen LogP contribution in [0.4, 0.5) is 5.69 Å². The lowest BCUT2D eigenvalue weighted by Crippen LogP contribution is -2.18. The third-order valence-electron chi connectivity index (χ3n) is 2.43.